The first kappa shape index (κ1) is 20.2. The van der Waals surface area contributed by atoms with Crippen LogP contribution in [0.15, 0.2) is 33.8 Å². The summed E-state index contributed by atoms with van der Waals surface area (Å²) in [5.41, 5.74) is 4.66. The Morgan fingerprint density at radius 2 is 1.86 bits per heavy atom. The van der Waals surface area contributed by atoms with Crippen LogP contribution in [0.1, 0.15) is 36.4 Å². The van der Waals surface area contributed by atoms with E-state index in [4.69, 9.17) is 9.26 Å². The molecule has 152 valence electrons. The summed E-state index contributed by atoms with van der Waals surface area (Å²) in [5.74, 6) is 1.71. The van der Waals surface area contributed by atoms with Crippen LogP contribution in [0, 0.1) is 0 Å². The molecule has 7 nitrogen and oxygen atoms in total. The molecule has 1 aromatic heterocycles. The number of hydrogen-bond donors (Lipinski definition) is 2. The maximum Gasteiger partial charge on any atom is 0.191 e. The Labute approximate surface area is 167 Å². The summed E-state index contributed by atoms with van der Waals surface area (Å²) in [6.45, 7) is 8.95. The minimum absolute atomic E-state index is 0.653. The molecule has 3 rings (SSSR count). The molecule has 0 atom stereocenters. The van der Waals surface area contributed by atoms with E-state index >= 15 is 0 Å². The Balaban J connectivity index is 1.61. The van der Waals surface area contributed by atoms with Gasteiger partial charge in [-0.15, -0.1) is 0 Å². The van der Waals surface area contributed by atoms with Crippen molar-refractivity contribution in [1.29, 1.82) is 0 Å². The highest BCUT2D eigenvalue weighted by Gasteiger charge is 2.16. The molecular weight excluding hydrogens is 354 g/mol. The molecule has 0 aliphatic carbocycles. The topological polar surface area (TPSA) is 74.9 Å². The molecule has 1 aliphatic heterocycles. The number of aromatic nitrogens is 1. The predicted octanol–water partition coefficient (Wildman–Crippen LogP) is 2.50. The largest absolute Gasteiger partial charge is 0.378 e. The maximum atomic E-state index is 5.48. The number of guanidine groups is 1. The van der Waals surface area contributed by atoms with Crippen molar-refractivity contribution in [3.63, 3.8) is 0 Å². The van der Waals surface area contributed by atoms with Crippen molar-refractivity contribution < 1.29 is 9.26 Å². The van der Waals surface area contributed by atoms with Gasteiger partial charge in [0.05, 0.1) is 18.9 Å². The lowest BCUT2D eigenvalue weighted by molar-refractivity contribution is 0.122. The van der Waals surface area contributed by atoms with E-state index in [1.165, 1.54) is 11.3 Å². The molecule has 2 aromatic rings. The lowest BCUT2D eigenvalue weighted by Crippen LogP contribution is -2.39. The zero-order valence-electron chi connectivity index (χ0n) is 17.1. The summed E-state index contributed by atoms with van der Waals surface area (Å²) >= 11 is 0. The second kappa shape index (κ2) is 10.1. The summed E-state index contributed by atoms with van der Waals surface area (Å²) in [7, 11) is 1.79. The first-order chi connectivity index (χ1) is 13.8. The third-order valence-electron chi connectivity index (χ3n) is 5.05. The van der Waals surface area contributed by atoms with Crippen LogP contribution < -0.4 is 15.5 Å². The number of para-hydroxylation sites is 1. The Kier molecular flexibility index (Phi) is 7.31. The van der Waals surface area contributed by atoms with Gasteiger partial charge in [-0.3, -0.25) is 4.99 Å². The van der Waals surface area contributed by atoms with Crippen LogP contribution in [0.2, 0.25) is 0 Å². The molecule has 0 spiro atoms. The summed E-state index contributed by atoms with van der Waals surface area (Å²) in [6, 6.07) is 8.51. The third-order valence-corrected chi connectivity index (χ3v) is 5.05. The Bertz CT molecular complexity index is 759. The lowest BCUT2D eigenvalue weighted by Gasteiger charge is -2.30. The fourth-order valence-corrected chi connectivity index (χ4v) is 3.48. The van der Waals surface area contributed by atoms with Crippen LogP contribution >= 0.6 is 0 Å². The molecule has 1 saturated heterocycles. The fraction of sp³-hybridized carbons (Fsp3) is 0.524. The predicted molar refractivity (Wildman–Crippen MR) is 112 cm³/mol. The molecular formula is C21H31N5O2. The minimum atomic E-state index is 0.653. The molecule has 1 fully saturated rings. The van der Waals surface area contributed by atoms with E-state index in [1.54, 1.807) is 7.05 Å². The van der Waals surface area contributed by atoms with Crippen molar-refractivity contribution >= 4 is 11.6 Å². The van der Waals surface area contributed by atoms with Gasteiger partial charge in [-0.05, 0) is 18.1 Å². The average Bonchev–Trinajstić information content (AvgIpc) is 3.16. The number of anilines is 1. The third kappa shape index (κ3) is 4.84. The molecule has 1 aromatic carbocycles. The number of benzene rings is 1. The normalized spacial score (nSPS) is 15.0. The molecule has 0 unspecified atom stereocenters. The van der Waals surface area contributed by atoms with E-state index in [0.29, 0.717) is 13.1 Å². The number of rotatable bonds is 7. The van der Waals surface area contributed by atoms with Crippen LogP contribution in [0.4, 0.5) is 5.69 Å². The van der Waals surface area contributed by atoms with Crippen LogP contribution in [0.3, 0.4) is 0 Å². The number of ether oxygens (including phenoxy) is 1. The number of morpholine rings is 1. The average molecular weight is 386 g/mol. The number of hydrogen-bond acceptors (Lipinski definition) is 5. The second-order valence-electron chi connectivity index (χ2n) is 6.75. The number of nitrogens with zero attached hydrogens (tertiary/aromatic N) is 3. The SMILES string of the molecule is CCc1noc(CC)c1CNC(=NC)NCc1ccccc1N1CCOCC1. The monoisotopic (exact) mass is 385 g/mol. The van der Waals surface area contributed by atoms with Gasteiger partial charge in [0.25, 0.3) is 0 Å². The molecule has 0 radical (unpaired) electrons. The quantitative estimate of drug-likeness (QED) is 0.563. The highest BCUT2D eigenvalue weighted by atomic mass is 16.5. The van der Waals surface area contributed by atoms with E-state index in [-0.39, 0.29) is 0 Å². The van der Waals surface area contributed by atoms with E-state index in [2.05, 4.69) is 63.8 Å². The maximum absolute atomic E-state index is 5.48. The standard InChI is InChI=1S/C21H31N5O2/c1-4-18-17(20(5-2)28-25-18)15-24-21(22-3)23-14-16-8-6-7-9-19(16)26-10-12-27-13-11-26/h6-9H,4-5,10-15H2,1-3H3,(H2,22,23,24). The van der Waals surface area contributed by atoms with Crippen molar-refractivity contribution in [3.05, 3.63) is 46.8 Å². The van der Waals surface area contributed by atoms with Crippen molar-refractivity contribution in [2.75, 3.05) is 38.3 Å². The minimum Gasteiger partial charge on any atom is -0.378 e. The molecule has 2 heterocycles. The van der Waals surface area contributed by atoms with Crippen LogP contribution in [0.5, 0.6) is 0 Å². The van der Waals surface area contributed by atoms with Gasteiger partial charge in [0.2, 0.25) is 0 Å². The Hall–Kier alpha value is -2.54. The molecule has 0 bridgehead atoms. The fourth-order valence-electron chi connectivity index (χ4n) is 3.48. The molecule has 0 saturated carbocycles. The molecule has 0 amide bonds. The van der Waals surface area contributed by atoms with Crippen molar-refractivity contribution in [1.82, 2.24) is 15.8 Å². The molecule has 28 heavy (non-hydrogen) atoms. The number of aliphatic imine (C=N–C) groups is 1. The number of aryl methyl sites for hydroxylation is 2. The van der Waals surface area contributed by atoms with Gasteiger partial charge in [0.15, 0.2) is 5.96 Å². The van der Waals surface area contributed by atoms with Gasteiger partial charge in [-0.1, -0.05) is 37.2 Å². The summed E-state index contributed by atoms with van der Waals surface area (Å²) in [5, 5.41) is 11.0. The Morgan fingerprint density at radius 1 is 1.11 bits per heavy atom. The number of nitrogens with one attached hydrogen (secondary N) is 2. The van der Waals surface area contributed by atoms with Gasteiger partial charge < -0.3 is 24.8 Å². The molecule has 2 N–H and O–H groups in total. The van der Waals surface area contributed by atoms with E-state index in [9.17, 15) is 0 Å². The zero-order chi connectivity index (χ0) is 19.8. The molecule has 7 heteroatoms. The van der Waals surface area contributed by atoms with E-state index in [1.807, 2.05) is 0 Å². The van der Waals surface area contributed by atoms with E-state index in [0.717, 1.165) is 62.1 Å². The smallest absolute Gasteiger partial charge is 0.191 e. The van der Waals surface area contributed by atoms with Crippen LogP contribution in [-0.4, -0.2) is 44.5 Å². The second-order valence-corrected chi connectivity index (χ2v) is 6.75. The highest BCUT2D eigenvalue weighted by molar-refractivity contribution is 5.79. The summed E-state index contributed by atoms with van der Waals surface area (Å²) in [4.78, 5) is 6.75. The highest BCUT2D eigenvalue weighted by Crippen LogP contribution is 2.21. The van der Waals surface area contributed by atoms with Gasteiger partial charge in [-0.2, -0.15) is 0 Å². The van der Waals surface area contributed by atoms with Crippen molar-refractivity contribution in [2.24, 2.45) is 4.99 Å². The van der Waals surface area contributed by atoms with Gasteiger partial charge in [0.1, 0.15) is 5.76 Å². The summed E-state index contributed by atoms with van der Waals surface area (Å²) < 4.78 is 10.9. The van der Waals surface area contributed by atoms with Crippen LogP contribution in [0.25, 0.3) is 0 Å². The van der Waals surface area contributed by atoms with Gasteiger partial charge >= 0.3 is 0 Å². The van der Waals surface area contributed by atoms with E-state index < -0.39 is 0 Å². The lowest BCUT2D eigenvalue weighted by atomic mass is 10.1. The summed E-state index contributed by atoms with van der Waals surface area (Å²) in [6.07, 6.45) is 1.70. The first-order valence-electron chi connectivity index (χ1n) is 10.1. The van der Waals surface area contributed by atoms with Gasteiger partial charge in [0, 0.05) is 50.9 Å². The van der Waals surface area contributed by atoms with Crippen LogP contribution in [-0.2, 0) is 30.7 Å². The molecule has 1 aliphatic rings. The zero-order valence-corrected chi connectivity index (χ0v) is 17.1. The van der Waals surface area contributed by atoms with Crippen molar-refractivity contribution in [3.8, 4) is 0 Å². The Morgan fingerprint density at radius 3 is 2.57 bits per heavy atom. The first-order valence-corrected chi connectivity index (χ1v) is 10.1. The van der Waals surface area contributed by atoms with Gasteiger partial charge in [-0.25, -0.2) is 0 Å². The van der Waals surface area contributed by atoms with Crippen molar-refractivity contribution in [2.45, 2.75) is 39.8 Å².